The second-order valence-corrected chi connectivity index (χ2v) is 4.20. The highest BCUT2D eigenvalue weighted by Gasteiger charge is 2.16. The molecule has 2 atom stereocenters. The summed E-state index contributed by atoms with van der Waals surface area (Å²) in [7, 11) is 0. The average Bonchev–Trinajstić information content (AvgIpc) is 2.69. The lowest BCUT2D eigenvalue weighted by atomic mass is 10.0. The third-order valence-corrected chi connectivity index (χ3v) is 2.88. The quantitative estimate of drug-likeness (QED) is 0.853. The number of thiophene rings is 1. The molecule has 0 saturated heterocycles. The van der Waals surface area contributed by atoms with Crippen LogP contribution >= 0.6 is 23.7 Å². The van der Waals surface area contributed by atoms with E-state index in [2.05, 4.69) is 5.32 Å². The summed E-state index contributed by atoms with van der Waals surface area (Å²) < 4.78 is 0. The van der Waals surface area contributed by atoms with Gasteiger partial charge in [-0.3, -0.25) is 4.79 Å². The molecule has 1 heterocycles. The number of amides is 1. The van der Waals surface area contributed by atoms with Gasteiger partial charge in [0.25, 0.3) is 0 Å². The van der Waals surface area contributed by atoms with Gasteiger partial charge in [-0.2, -0.15) is 11.3 Å². The van der Waals surface area contributed by atoms with Crippen molar-refractivity contribution < 1.29 is 4.79 Å². The van der Waals surface area contributed by atoms with E-state index in [1.54, 1.807) is 11.3 Å². The van der Waals surface area contributed by atoms with Gasteiger partial charge in [-0.15, -0.1) is 12.4 Å². The Morgan fingerprint density at radius 1 is 1.60 bits per heavy atom. The monoisotopic (exact) mass is 248 g/mol. The van der Waals surface area contributed by atoms with Crippen LogP contribution in [0, 0.1) is 0 Å². The third-order valence-electron chi connectivity index (χ3n) is 2.18. The van der Waals surface area contributed by atoms with Gasteiger partial charge in [-0.1, -0.05) is 0 Å². The van der Waals surface area contributed by atoms with Gasteiger partial charge in [0.1, 0.15) is 0 Å². The van der Waals surface area contributed by atoms with Crippen LogP contribution in [0.3, 0.4) is 0 Å². The first-order valence-electron chi connectivity index (χ1n) is 4.67. The number of rotatable bonds is 4. The summed E-state index contributed by atoms with van der Waals surface area (Å²) in [5.74, 6) is -0.0448. The average molecular weight is 249 g/mol. The largest absolute Gasteiger partial charge is 0.352 e. The lowest BCUT2D eigenvalue weighted by Gasteiger charge is -2.15. The Labute approximate surface area is 100 Å². The molecule has 86 valence electrons. The second kappa shape index (κ2) is 6.82. The number of nitrogens with two attached hydrogens (primary N) is 1. The maximum absolute atomic E-state index is 11.6. The zero-order valence-electron chi connectivity index (χ0n) is 8.90. The predicted octanol–water partition coefficient (Wildman–Crippen LogP) is 1.74. The number of nitrogens with one attached hydrogen (secondary N) is 1. The van der Waals surface area contributed by atoms with Gasteiger partial charge >= 0.3 is 0 Å². The van der Waals surface area contributed by atoms with Crippen molar-refractivity contribution in [1.29, 1.82) is 0 Å². The number of carbonyl (C=O) groups is 1. The summed E-state index contributed by atoms with van der Waals surface area (Å²) >= 11 is 1.61. The van der Waals surface area contributed by atoms with Gasteiger partial charge in [0.2, 0.25) is 5.91 Å². The SMILES string of the molecule is CC(C(=O)N[C@@H](C)CN)c1ccsc1.Cl. The van der Waals surface area contributed by atoms with Crippen LogP contribution in [0.2, 0.25) is 0 Å². The first-order chi connectivity index (χ1) is 6.65. The van der Waals surface area contributed by atoms with Crippen molar-refractivity contribution in [2.75, 3.05) is 6.54 Å². The van der Waals surface area contributed by atoms with Gasteiger partial charge in [-0.05, 0) is 36.2 Å². The van der Waals surface area contributed by atoms with Crippen LogP contribution in [-0.4, -0.2) is 18.5 Å². The highest BCUT2D eigenvalue weighted by atomic mass is 35.5. The van der Waals surface area contributed by atoms with E-state index in [-0.39, 0.29) is 30.3 Å². The normalized spacial score (nSPS) is 13.8. The summed E-state index contributed by atoms with van der Waals surface area (Å²) in [4.78, 5) is 11.6. The van der Waals surface area contributed by atoms with E-state index in [4.69, 9.17) is 5.73 Å². The molecule has 1 aromatic rings. The van der Waals surface area contributed by atoms with Crippen LogP contribution in [0.15, 0.2) is 16.8 Å². The second-order valence-electron chi connectivity index (χ2n) is 3.42. The van der Waals surface area contributed by atoms with Gasteiger partial charge < -0.3 is 11.1 Å². The zero-order chi connectivity index (χ0) is 10.6. The van der Waals surface area contributed by atoms with Crippen molar-refractivity contribution >= 4 is 29.7 Å². The van der Waals surface area contributed by atoms with E-state index in [9.17, 15) is 4.79 Å². The molecule has 0 aromatic carbocycles. The molecule has 5 heteroatoms. The molecule has 0 aliphatic heterocycles. The molecular formula is C10H17ClN2OS. The molecule has 3 nitrogen and oxygen atoms in total. The van der Waals surface area contributed by atoms with Crippen LogP contribution in [0.25, 0.3) is 0 Å². The number of halogens is 1. The van der Waals surface area contributed by atoms with Crippen molar-refractivity contribution in [3.05, 3.63) is 22.4 Å². The minimum Gasteiger partial charge on any atom is -0.352 e. The Morgan fingerprint density at radius 2 is 2.27 bits per heavy atom. The molecular weight excluding hydrogens is 232 g/mol. The summed E-state index contributed by atoms with van der Waals surface area (Å²) in [5.41, 5.74) is 6.49. The Kier molecular flexibility index (Phi) is 6.56. The van der Waals surface area contributed by atoms with E-state index in [0.29, 0.717) is 6.54 Å². The first kappa shape index (κ1) is 14.4. The van der Waals surface area contributed by atoms with Crippen LogP contribution in [-0.2, 0) is 4.79 Å². The highest BCUT2D eigenvalue weighted by Crippen LogP contribution is 2.18. The summed E-state index contributed by atoms with van der Waals surface area (Å²) in [6.07, 6.45) is 0. The molecule has 0 aliphatic carbocycles. The standard InChI is InChI=1S/C10H16N2OS.ClH/c1-7(5-11)12-10(13)8(2)9-3-4-14-6-9;/h3-4,6-8H,5,11H2,1-2H3,(H,12,13);1H/t7-,8?;/m0./s1. The molecule has 1 amide bonds. The summed E-state index contributed by atoms with van der Waals surface area (Å²) in [6.45, 7) is 4.28. The molecule has 0 fully saturated rings. The number of hydrogen-bond acceptors (Lipinski definition) is 3. The minimum absolute atomic E-state index is 0. The van der Waals surface area contributed by atoms with Crippen molar-refractivity contribution in [1.82, 2.24) is 5.32 Å². The number of carbonyl (C=O) groups excluding carboxylic acids is 1. The van der Waals surface area contributed by atoms with Gasteiger partial charge in [0, 0.05) is 12.6 Å². The molecule has 0 spiro atoms. The third kappa shape index (κ3) is 4.20. The lowest BCUT2D eigenvalue weighted by molar-refractivity contribution is -0.122. The summed E-state index contributed by atoms with van der Waals surface area (Å²) in [6, 6.07) is 2.02. The maximum Gasteiger partial charge on any atom is 0.227 e. The predicted molar refractivity (Wildman–Crippen MR) is 66.6 cm³/mol. The fourth-order valence-electron chi connectivity index (χ4n) is 1.10. The molecule has 0 bridgehead atoms. The topological polar surface area (TPSA) is 55.1 Å². The summed E-state index contributed by atoms with van der Waals surface area (Å²) in [5, 5.41) is 6.83. The van der Waals surface area contributed by atoms with Gasteiger partial charge in [0.05, 0.1) is 5.92 Å². The fraction of sp³-hybridized carbons (Fsp3) is 0.500. The molecule has 0 aliphatic rings. The van der Waals surface area contributed by atoms with Crippen molar-refractivity contribution in [2.24, 2.45) is 5.73 Å². The molecule has 1 aromatic heterocycles. The molecule has 15 heavy (non-hydrogen) atoms. The lowest BCUT2D eigenvalue weighted by Crippen LogP contribution is -2.39. The van der Waals surface area contributed by atoms with E-state index < -0.39 is 0 Å². The highest BCUT2D eigenvalue weighted by molar-refractivity contribution is 7.08. The van der Waals surface area contributed by atoms with Gasteiger partial charge in [-0.25, -0.2) is 0 Å². The molecule has 0 saturated carbocycles. The zero-order valence-corrected chi connectivity index (χ0v) is 10.5. The van der Waals surface area contributed by atoms with Crippen LogP contribution in [0.5, 0.6) is 0 Å². The van der Waals surface area contributed by atoms with Crippen molar-refractivity contribution in [2.45, 2.75) is 25.8 Å². The molecule has 1 rings (SSSR count). The Hall–Kier alpha value is -0.580. The van der Waals surface area contributed by atoms with E-state index >= 15 is 0 Å². The fourth-order valence-corrected chi connectivity index (χ4v) is 1.85. The minimum atomic E-state index is -0.0877. The van der Waals surface area contributed by atoms with Crippen LogP contribution < -0.4 is 11.1 Å². The smallest absolute Gasteiger partial charge is 0.227 e. The Morgan fingerprint density at radius 3 is 2.73 bits per heavy atom. The van der Waals surface area contributed by atoms with Crippen LogP contribution in [0.1, 0.15) is 25.3 Å². The number of hydrogen-bond donors (Lipinski definition) is 2. The van der Waals surface area contributed by atoms with Gasteiger partial charge in [0.15, 0.2) is 0 Å². The van der Waals surface area contributed by atoms with Crippen LogP contribution in [0.4, 0.5) is 0 Å². The van der Waals surface area contributed by atoms with E-state index in [1.807, 2.05) is 30.7 Å². The Bertz CT molecular complexity index is 290. The van der Waals surface area contributed by atoms with E-state index in [1.165, 1.54) is 0 Å². The molecule has 1 unspecified atom stereocenters. The van der Waals surface area contributed by atoms with Crippen molar-refractivity contribution in [3.63, 3.8) is 0 Å². The molecule has 3 N–H and O–H groups in total. The maximum atomic E-state index is 11.6. The Balaban J connectivity index is 0.00000196. The first-order valence-corrected chi connectivity index (χ1v) is 5.62. The van der Waals surface area contributed by atoms with Crippen molar-refractivity contribution in [3.8, 4) is 0 Å². The van der Waals surface area contributed by atoms with E-state index in [0.717, 1.165) is 5.56 Å². The molecule has 0 radical (unpaired) electrons.